The zero-order chi connectivity index (χ0) is 11.8. The van der Waals surface area contributed by atoms with Gasteiger partial charge in [0.25, 0.3) is 5.91 Å². The number of carbonyl (C=O) groups is 1. The highest BCUT2D eigenvalue weighted by Crippen LogP contribution is 2.25. The highest BCUT2D eigenvalue weighted by Gasteiger charge is 2.33. The first-order valence-corrected chi connectivity index (χ1v) is 5.96. The Bertz CT molecular complexity index is 420. The van der Waals surface area contributed by atoms with Gasteiger partial charge in [-0.3, -0.25) is 4.79 Å². The number of hydrogen-bond acceptors (Lipinski definition) is 3. The van der Waals surface area contributed by atoms with Crippen molar-refractivity contribution in [3.63, 3.8) is 0 Å². The summed E-state index contributed by atoms with van der Waals surface area (Å²) in [7, 11) is 0. The molecule has 2 bridgehead atoms. The highest BCUT2D eigenvalue weighted by atomic mass is 19.1. The summed E-state index contributed by atoms with van der Waals surface area (Å²) in [6, 6.07) is 1.16. The lowest BCUT2D eigenvalue weighted by atomic mass is 9.86. The van der Waals surface area contributed by atoms with Crippen LogP contribution < -0.4 is 5.32 Å². The highest BCUT2D eigenvalue weighted by molar-refractivity contribution is 5.91. The van der Waals surface area contributed by atoms with Crippen LogP contribution in [-0.4, -0.2) is 37.0 Å². The van der Waals surface area contributed by atoms with E-state index in [4.69, 9.17) is 4.42 Å². The van der Waals surface area contributed by atoms with Gasteiger partial charge in [0.1, 0.15) is 6.26 Å². The summed E-state index contributed by atoms with van der Waals surface area (Å²) in [6.07, 6.45) is 2.16. The summed E-state index contributed by atoms with van der Waals surface area (Å²) in [5.41, 5.74) is 0. The summed E-state index contributed by atoms with van der Waals surface area (Å²) < 4.78 is 17.7. The van der Waals surface area contributed by atoms with Crippen molar-refractivity contribution in [2.24, 2.45) is 11.8 Å². The van der Waals surface area contributed by atoms with Gasteiger partial charge in [0.15, 0.2) is 11.6 Å². The average molecular weight is 238 g/mol. The van der Waals surface area contributed by atoms with E-state index in [2.05, 4.69) is 5.32 Å². The molecular weight excluding hydrogens is 223 g/mol. The number of rotatable bonds is 1. The lowest BCUT2D eigenvalue weighted by Crippen LogP contribution is -2.52. The minimum absolute atomic E-state index is 0.107. The van der Waals surface area contributed by atoms with Gasteiger partial charge in [-0.25, -0.2) is 4.39 Å². The Labute approximate surface area is 98.8 Å². The SMILES string of the molecule is O=C(c1cc(F)co1)N1C[C@@H]2CNC[C@@H](C2)C1. The largest absolute Gasteiger partial charge is 0.456 e. The van der Waals surface area contributed by atoms with Crippen molar-refractivity contribution in [2.75, 3.05) is 26.2 Å². The molecular formula is C12H15FN2O2. The van der Waals surface area contributed by atoms with E-state index in [1.54, 1.807) is 4.90 Å². The monoisotopic (exact) mass is 238 g/mol. The Morgan fingerprint density at radius 1 is 1.41 bits per heavy atom. The fourth-order valence-corrected chi connectivity index (χ4v) is 2.85. The van der Waals surface area contributed by atoms with Crippen LogP contribution in [0.5, 0.6) is 0 Å². The Morgan fingerprint density at radius 2 is 2.12 bits per heavy atom. The Balaban J connectivity index is 1.74. The normalized spacial score (nSPS) is 28.2. The van der Waals surface area contributed by atoms with E-state index in [1.807, 2.05) is 0 Å². The lowest BCUT2D eigenvalue weighted by Gasteiger charge is -2.41. The van der Waals surface area contributed by atoms with Gasteiger partial charge in [-0.05, 0) is 31.3 Å². The van der Waals surface area contributed by atoms with E-state index in [9.17, 15) is 9.18 Å². The van der Waals surface area contributed by atoms with Crippen LogP contribution in [0.25, 0.3) is 0 Å². The zero-order valence-electron chi connectivity index (χ0n) is 9.49. The van der Waals surface area contributed by atoms with Crippen molar-refractivity contribution < 1.29 is 13.6 Å². The first-order chi connectivity index (χ1) is 8.22. The van der Waals surface area contributed by atoms with E-state index in [0.717, 1.165) is 38.5 Å². The summed E-state index contributed by atoms with van der Waals surface area (Å²) in [4.78, 5) is 13.9. The van der Waals surface area contributed by atoms with Crippen LogP contribution >= 0.6 is 0 Å². The Morgan fingerprint density at radius 3 is 2.71 bits per heavy atom. The number of carbonyl (C=O) groups excluding carboxylic acids is 1. The van der Waals surface area contributed by atoms with Crippen molar-refractivity contribution >= 4 is 5.91 Å². The van der Waals surface area contributed by atoms with Gasteiger partial charge in [-0.15, -0.1) is 0 Å². The maximum Gasteiger partial charge on any atom is 0.289 e. The standard InChI is InChI=1S/C12H15FN2O2/c13-10-2-11(17-7-10)12(16)15-5-8-1-9(6-15)4-14-3-8/h2,7-9,14H,1,3-6H2/t8-,9+. The molecule has 3 rings (SSSR count). The zero-order valence-corrected chi connectivity index (χ0v) is 9.49. The second-order valence-electron chi connectivity index (χ2n) is 4.97. The molecule has 17 heavy (non-hydrogen) atoms. The molecule has 92 valence electrons. The predicted octanol–water partition coefficient (Wildman–Crippen LogP) is 1.10. The van der Waals surface area contributed by atoms with Crippen molar-refractivity contribution in [2.45, 2.75) is 6.42 Å². The summed E-state index contributed by atoms with van der Waals surface area (Å²) >= 11 is 0. The molecule has 0 spiro atoms. The van der Waals surface area contributed by atoms with E-state index in [1.165, 1.54) is 6.42 Å². The molecule has 1 N–H and O–H groups in total. The molecule has 0 aliphatic carbocycles. The van der Waals surface area contributed by atoms with Gasteiger partial charge >= 0.3 is 0 Å². The first kappa shape index (κ1) is 10.8. The molecule has 0 unspecified atom stereocenters. The van der Waals surface area contributed by atoms with Crippen LogP contribution in [0.4, 0.5) is 4.39 Å². The third-order valence-corrected chi connectivity index (χ3v) is 3.56. The van der Waals surface area contributed by atoms with Crippen LogP contribution in [0.2, 0.25) is 0 Å². The minimum Gasteiger partial charge on any atom is -0.456 e. The molecule has 4 nitrogen and oxygen atoms in total. The van der Waals surface area contributed by atoms with Crippen LogP contribution in [0.3, 0.4) is 0 Å². The molecule has 0 saturated carbocycles. The van der Waals surface area contributed by atoms with Crippen molar-refractivity contribution in [3.8, 4) is 0 Å². The Kier molecular flexibility index (Phi) is 2.63. The molecule has 1 aromatic rings. The fourth-order valence-electron chi connectivity index (χ4n) is 2.85. The maximum atomic E-state index is 12.8. The number of nitrogens with zero attached hydrogens (tertiary/aromatic N) is 1. The smallest absolute Gasteiger partial charge is 0.289 e. The van der Waals surface area contributed by atoms with E-state index in [0.29, 0.717) is 11.8 Å². The van der Waals surface area contributed by atoms with Crippen molar-refractivity contribution in [1.82, 2.24) is 10.2 Å². The molecule has 5 heteroatoms. The number of piperidine rings is 2. The fraction of sp³-hybridized carbons (Fsp3) is 0.583. The van der Waals surface area contributed by atoms with Crippen molar-refractivity contribution in [1.29, 1.82) is 0 Å². The summed E-state index contributed by atoms with van der Waals surface area (Å²) in [5, 5.41) is 3.37. The molecule has 1 amide bonds. The van der Waals surface area contributed by atoms with Gasteiger partial charge < -0.3 is 14.6 Å². The number of likely N-dealkylation sites (tertiary alicyclic amines) is 1. The minimum atomic E-state index is -0.493. The number of hydrogen-bond donors (Lipinski definition) is 1. The lowest BCUT2D eigenvalue weighted by molar-refractivity contribution is 0.0508. The molecule has 0 radical (unpaired) electrons. The second kappa shape index (κ2) is 4.14. The van der Waals surface area contributed by atoms with Gasteiger partial charge in [-0.2, -0.15) is 0 Å². The number of furan rings is 1. The topological polar surface area (TPSA) is 45.5 Å². The predicted molar refractivity (Wildman–Crippen MR) is 59.0 cm³/mol. The summed E-state index contributed by atoms with van der Waals surface area (Å²) in [5.74, 6) is 0.464. The number of nitrogens with one attached hydrogen (secondary N) is 1. The van der Waals surface area contributed by atoms with E-state index < -0.39 is 5.82 Å². The van der Waals surface area contributed by atoms with Gasteiger partial charge in [0.05, 0.1) is 0 Å². The molecule has 2 atom stereocenters. The van der Waals surface area contributed by atoms with Crippen LogP contribution in [-0.2, 0) is 0 Å². The Hall–Kier alpha value is -1.36. The van der Waals surface area contributed by atoms with Gasteiger partial charge in [0.2, 0.25) is 0 Å². The molecule has 3 heterocycles. The number of halogens is 1. The number of amides is 1. The summed E-state index contributed by atoms with van der Waals surface area (Å²) in [6.45, 7) is 3.41. The first-order valence-electron chi connectivity index (χ1n) is 5.96. The van der Waals surface area contributed by atoms with E-state index in [-0.39, 0.29) is 11.7 Å². The van der Waals surface area contributed by atoms with Gasteiger partial charge in [-0.1, -0.05) is 0 Å². The molecule has 2 saturated heterocycles. The van der Waals surface area contributed by atoms with Crippen LogP contribution in [0, 0.1) is 17.7 Å². The quantitative estimate of drug-likeness (QED) is 0.797. The van der Waals surface area contributed by atoms with Gasteiger partial charge in [0, 0.05) is 19.2 Å². The molecule has 2 aliphatic rings. The molecule has 0 aromatic carbocycles. The maximum absolute atomic E-state index is 12.8. The van der Waals surface area contributed by atoms with E-state index >= 15 is 0 Å². The average Bonchev–Trinajstić information content (AvgIpc) is 2.74. The third kappa shape index (κ3) is 2.07. The molecule has 1 aromatic heterocycles. The van der Waals surface area contributed by atoms with Crippen molar-refractivity contribution in [3.05, 3.63) is 23.9 Å². The molecule has 2 fully saturated rings. The number of fused-ring (bicyclic) bond motifs is 2. The molecule has 2 aliphatic heterocycles. The van der Waals surface area contributed by atoms with Crippen LogP contribution in [0.1, 0.15) is 17.0 Å². The van der Waals surface area contributed by atoms with Crippen LogP contribution in [0.15, 0.2) is 16.7 Å². The second-order valence-corrected chi connectivity index (χ2v) is 4.97. The third-order valence-electron chi connectivity index (χ3n) is 3.56.